The number of para-hydroxylation sites is 1. The van der Waals surface area contributed by atoms with Crippen molar-refractivity contribution in [3.63, 3.8) is 0 Å². The fraction of sp³-hybridized carbons (Fsp3) is 0.533. The van der Waals surface area contributed by atoms with Crippen LogP contribution in [0.3, 0.4) is 0 Å². The van der Waals surface area contributed by atoms with Crippen molar-refractivity contribution >= 4 is 0 Å². The van der Waals surface area contributed by atoms with Gasteiger partial charge in [0.15, 0.2) is 0 Å². The Morgan fingerprint density at radius 2 is 2.21 bits per heavy atom. The normalized spacial score (nSPS) is 16.7. The van der Waals surface area contributed by atoms with Gasteiger partial charge < -0.3 is 14.7 Å². The zero-order valence-electron chi connectivity index (χ0n) is 11.2. The van der Waals surface area contributed by atoms with Crippen LogP contribution in [0.15, 0.2) is 24.3 Å². The summed E-state index contributed by atoms with van der Waals surface area (Å²) in [5.74, 6) is 0.537. The number of nitriles is 1. The number of hydrogen-bond donors (Lipinski definition) is 1. The lowest BCUT2D eigenvalue weighted by Gasteiger charge is -2.35. The largest absolute Gasteiger partial charge is 0.489 e. The van der Waals surface area contributed by atoms with Gasteiger partial charge in [0, 0.05) is 12.6 Å². The van der Waals surface area contributed by atoms with Crippen LogP contribution in [0.5, 0.6) is 5.75 Å². The molecule has 4 nitrogen and oxygen atoms in total. The van der Waals surface area contributed by atoms with E-state index in [0.717, 1.165) is 0 Å². The third-order valence-corrected chi connectivity index (χ3v) is 3.64. The highest BCUT2D eigenvalue weighted by atomic mass is 16.5. The Morgan fingerprint density at radius 1 is 1.47 bits per heavy atom. The van der Waals surface area contributed by atoms with Gasteiger partial charge in [-0.1, -0.05) is 18.6 Å². The summed E-state index contributed by atoms with van der Waals surface area (Å²) < 4.78 is 5.52. The van der Waals surface area contributed by atoms with Crippen molar-refractivity contribution in [3.8, 4) is 11.8 Å². The lowest BCUT2D eigenvalue weighted by atomic mass is 9.92. The molecule has 0 radical (unpaired) electrons. The second-order valence-corrected chi connectivity index (χ2v) is 5.10. The number of likely N-dealkylation sites (N-methyl/N-ethyl adjacent to an activating group) is 1. The first-order valence-electron chi connectivity index (χ1n) is 6.71. The molecule has 19 heavy (non-hydrogen) atoms. The van der Waals surface area contributed by atoms with Gasteiger partial charge in [-0.2, -0.15) is 5.26 Å². The average molecular weight is 260 g/mol. The van der Waals surface area contributed by atoms with Crippen molar-refractivity contribution in [2.45, 2.75) is 31.4 Å². The second kappa shape index (κ2) is 6.55. The molecular formula is C15H20N2O2. The molecule has 0 saturated heterocycles. The van der Waals surface area contributed by atoms with Gasteiger partial charge in [0.2, 0.25) is 0 Å². The number of aliphatic hydroxyl groups excluding tert-OH is 1. The molecule has 4 heteroatoms. The van der Waals surface area contributed by atoms with E-state index < -0.39 is 6.10 Å². The minimum Gasteiger partial charge on any atom is -0.489 e. The van der Waals surface area contributed by atoms with E-state index in [0.29, 0.717) is 23.9 Å². The Kier molecular flexibility index (Phi) is 4.78. The molecule has 1 aliphatic rings. The molecule has 1 saturated carbocycles. The number of nitrogens with zero attached hydrogens (tertiary/aromatic N) is 2. The molecule has 2 rings (SSSR count). The molecule has 0 aromatic heterocycles. The molecule has 0 amide bonds. The van der Waals surface area contributed by atoms with E-state index in [4.69, 9.17) is 10.00 Å². The maximum Gasteiger partial charge on any atom is 0.137 e. The lowest BCUT2D eigenvalue weighted by molar-refractivity contribution is 0.0475. The van der Waals surface area contributed by atoms with Crippen LogP contribution in [0.2, 0.25) is 0 Å². The Balaban J connectivity index is 1.79. The highest BCUT2D eigenvalue weighted by molar-refractivity contribution is 5.42. The van der Waals surface area contributed by atoms with E-state index in [1.807, 2.05) is 13.1 Å². The predicted octanol–water partition coefficient (Wildman–Crippen LogP) is 1.78. The van der Waals surface area contributed by atoms with Crippen molar-refractivity contribution < 1.29 is 9.84 Å². The summed E-state index contributed by atoms with van der Waals surface area (Å²) >= 11 is 0. The summed E-state index contributed by atoms with van der Waals surface area (Å²) in [7, 11) is 2.04. The minimum absolute atomic E-state index is 0.218. The Labute approximate surface area is 114 Å². The van der Waals surface area contributed by atoms with Gasteiger partial charge in [0.05, 0.1) is 5.56 Å². The third-order valence-electron chi connectivity index (χ3n) is 3.64. The van der Waals surface area contributed by atoms with Crippen LogP contribution in [0.1, 0.15) is 24.8 Å². The monoisotopic (exact) mass is 260 g/mol. The summed E-state index contributed by atoms with van der Waals surface area (Å²) in [4.78, 5) is 2.19. The van der Waals surface area contributed by atoms with E-state index in [1.165, 1.54) is 19.3 Å². The summed E-state index contributed by atoms with van der Waals surface area (Å²) in [6, 6.07) is 9.77. The molecule has 1 N–H and O–H groups in total. The van der Waals surface area contributed by atoms with Crippen LogP contribution >= 0.6 is 0 Å². The van der Waals surface area contributed by atoms with E-state index in [-0.39, 0.29) is 6.61 Å². The summed E-state index contributed by atoms with van der Waals surface area (Å²) in [5, 5.41) is 18.9. The van der Waals surface area contributed by atoms with Crippen LogP contribution in [-0.4, -0.2) is 42.4 Å². The van der Waals surface area contributed by atoms with Crippen LogP contribution in [0.25, 0.3) is 0 Å². The van der Waals surface area contributed by atoms with Crippen molar-refractivity contribution in [2.24, 2.45) is 0 Å². The predicted molar refractivity (Wildman–Crippen MR) is 72.9 cm³/mol. The summed E-state index contributed by atoms with van der Waals surface area (Å²) in [6.45, 7) is 0.829. The number of hydrogen-bond acceptors (Lipinski definition) is 4. The molecule has 1 aliphatic carbocycles. The molecule has 1 unspecified atom stereocenters. The smallest absolute Gasteiger partial charge is 0.137 e. The van der Waals surface area contributed by atoms with Crippen molar-refractivity contribution in [3.05, 3.63) is 29.8 Å². The van der Waals surface area contributed by atoms with E-state index in [2.05, 4.69) is 11.0 Å². The number of rotatable bonds is 6. The van der Waals surface area contributed by atoms with Gasteiger partial charge >= 0.3 is 0 Å². The van der Waals surface area contributed by atoms with Crippen molar-refractivity contribution in [1.29, 1.82) is 5.26 Å². The molecule has 1 aromatic carbocycles. The van der Waals surface area contributed by atoms with Gasteiger partial charge in [-0.15, -0.1) is 0 Å². The van der Waals surface area contributed by atoms with Gasteiger partial charge in [-0.3, -0.25) is 0 Å². The average Bonchev–Trinajstić information content (AvgIpc) is 2.34. The Bertz CT molecular complexity index is 452. The topological polar surface area (TPSA) is 56.5 Å². The molecule has 1 atom stereocenters. The maximum atomic E-state index is 9.96. The fourth-order valence-corrected chi connectivity index (χ4v) is 2.23. The SMILES string of the molecule is CN(CC(O)COc1ccccc1C#N)C1CCC1. The first kappa shape index (κ1) is 13.9. The lowest BCUT2D eigenvalue weighted by Crippen LogP contribution is -2.42. The molecule has 0 spiro atoms. The van der Waals surface area contributed by atoms with Crippen LogP contribution < -0.4 is 4.74 Å². The molecule has 0 aliphatic heterocycles. The zero-order chi connectivity index (χ0) is 13.7. The second-order valence-electron chi connectivity index (χ2n) is 5.10. The first-order valence-corrected chi connectivity index (χ1v) is 6.71. The highest BCUT2D eigenvalue weighted by Crippen LogP contribution is 2.23. The third kappa shape index (κ3) is 3.69. The van der Waals surface area contributed by atoms with Crippen molar-refractivity contribution in [1.82, 2.24) is 4.90 Å². The molecule has 1 aromatic rings. The Morgan fingerprint density at radius 3 is 2.84 bits per heavy atom. The van der Waals surface area contributed by atoms with Crippen LogP contribution in [0, 0.1) is 11.3 Å². The van der Waals surface area contributed by atoms with Crippen LogP contribution in [-0.2, 0) is 0 Å². The molecule has 0 heterocycles. The molecular weight excluding hydrogens is 240 g/mol. The van der Waals surface area contributed by atoms with Gasteiger partial charge in [-0.25, -0.2) is 0 Å². The number of benzene rings is 1. The molecule has 1 fully saturated rings. The highest BCUT2D eigenvalue weighted by Gasteiger charge is 2.23. The minimum atomic E-state index is -0.530. The molecule has 102 valence electrons. The van der Waals surface area contributed by atoms with Gasteiger partial charge in [0.1, 0.15) is 24.5 Å². The summed E-state index contributed by atoms with van der Waals surface area (Å²) in [6.07, 6.45) is 3.21. The Hall–Kier alpha value is -1.57. The van der Waals surface area contributed by atoms with E-state index in [9.17, 15) is 5.11 Å². The maximum absolute atomic E-state index is 9.96. The van der Waals surface area contributed by atoms with E-state index >= 15 is 0 Å². The van der Waals surface area contributed by atoms with Crippen molar-refractivity contribution in [2.75, 3.05) is 20.2 Å². The fourth-order valence-electron chi connectivity index (χ4n) is 2.23. The van der Waals surface area contributed by atoms with Gasteiger partial charge in [-0.05, 0) is 32.0 Å². The summed E-state index contributed by atoms with van der Waals surface area (Å²) in [5.41, 5.74) is 0.502. The first-order chi connectivity index (χ1) is 9.20. The standard InChI is InChI=1S/C15H20N2O2/c1-17(13-6-4-7-13)10-14(18)11-19-15-8-3-2-5-12(15)9-16/h2-3,5,8,13-14,18H,4,6-7,10-11H2,1H3. The number of aliphatic hydroxyl groups is 1. The van der Waals surface area contributed by atoms with Crippen LogP contribution in [0.4, 0.5) is 0 Å². The zero-order valence-corrected chi connectivity index (χ0v) is 11.2. The van der Waals surface area contributed by atoms with E-state index in [1.54, 1.807) is 18.2 Å². The molecule has 0 bridgehead atoms. The van der Waals surface area contributed by atoms with Gasteiger partial charge in [0.25, 0.3) is 0 Å². The number of ether oxygens (including phenoxy) is 1. The quantitative estimate of drug-likeness (QED) is 0.847.